The quantitative estimate of drug-likeness (QED) is 0.0332. The van der Waals surface area contributed by atoms with Gasteiger partial charge < -0.3 is 40.3 Å². The minimum atomic E-state index is -1.55. The number of carbonyl (C=O) groups excluding carboxylic acids is 1. The van der Waals surface area contributed by atoms with E-state index in [0.717, 1.165) is 38.5 Å². The van der Waals surface area contributed by atoms with Crippen molar-refractivity contribution in [1.82, 2.24) is 5.32 Å². The number of rotatable bonds is 44. The summed E-state index contributed by atoms with van der Waals surface area (Å²) >= 11 is 0. The van der Waals surface area contributed by atoms with Crippen LogP contribution in [0.3, 0.4) is 0 Å². The van der Waals surface area contributed by atoms with Gasteiger partial charge in [-0.2, -0.15) is 0 Å². The molecule has 6 N–H and O–H groups in total. The van der Waals surface area contributed by atoms with Gasteiger partial charge in [0.05, 0.1) is 25.4 Å². The van der Waals surface area contributed by atoms with Crippen LogP contribution in [0, 0.1) is 0 Å². The topological polar surface area (TPSA) is 149 Å². The SMILES string of the molecule is CCCCCCCCCCCCCCCCCCCCCCCCCCCCCCC(=O)NC(COC1OC(CO)C(O)C(O)C1O)C(O)CCCCCCCCCC. The number of unbranched alkanes of at least 4 members (excludes halogenated alkanes) is 34. The molecule has 0 aromatic carbocycles. The summed E-state index contributed by atoms with van der Waals surface area (Å²) in [6, 6.07) is -0.710. The van der Waals surface area contributed by atoms with Crippen molar-refractivity contribution >= 4 is 5.91 Å². The number of carbonyl (C=O) groups is 1. The number of ether oxygens (including phenoxy) is 2. The molecule has 59 heavy (non-hydrogen) atoms. The lowest BCUT2D eigenvalue weighted by atomic mass is 9.99. The first kappa shape index (κ1) is 56.2. The molecule has 7 atom stereocenters. The van der Waals surface area contributed by atoms with Crippen LogP contribution in [0.25, 0.3) is 0 Å². The third kappa shape index (κ3) is 31.6. The van der Waals surface area contributed by atoms with Crippen molar-refractivity contribution < 1.29 is 39.8 Å². The maximum absolute atomic E-state index is 13.0. The van der Waals surface area contributed by atoms with E-state index in [1.54, 1.807) is 0 Å². The van der Waals surface area contributed by atoms with Gasteiger partial charge in [-0.25, -0.2) is 0 Å². The summed E-state index contributed by atoms with van der Waals surface area (Å²) < 4.78 is 11.2. The smallest absolute Gasteiger partial charge is 0.220 e. The van der Waals surface area contributed by atoms with E-state index in [1.807, 2.05) is 0 Å². The van der Waals surface area contributed by atoms with Crippen LogP contribution < -0.4 is 5.32 Å². The molecule has 352 valence electrons. The molecule has 9 heteroatoms. The van der Waals surface area contributed by atoms with Crippen LogP contribution in [0.5, 0.6) is 0 Å². The van der Waals surface area contributed by atoms with Gasteiger partial charge in [0.1, 0.15) is 24.4 Å². The van der Waals surface area contributed by atoms with Gasteiger partial charge in [-0.15, -0.1) is 0 Å². The van der Waals surface area contributed by atoms with Crippen LogP contribution in [0.15, 0.2) is 0 Å². The second-order valence-corrected chi connectivity index (χ2v) is 18.3. The number of amides is 1. The lowest BCUT2D eigenvalue weighted by molar-refractivity contribution is -0.302. The van der Waals surface area contributed by atoms with Gasteiger partial charge in [-0.3, -0.25) is 4.79 Å². The summed E-state index contributed by atoms with van der Waals surface area (Å²) in [4.78, 5) is 13.0. The molecule has 0 aromatic heterocycles. The van der Waals surface area contributed by atoms with Crippen molar-refractivity contribution in [1.29, 1.82) is 0 Å². The number of nitrogens with one attached hydrogen (secondary N) is 1. The van der Waals surface area contributed by atoms with E-state index in [2.05, 4.69) is 19.2 Å². The predicted octanol–water partition coefficient (Wildman–Crippen LogP) is 11.5. The zero-order valence-corrected chi connectivity index (χ0v) is 38.8. The first-order valence-corrected chi connectivity index (χ1v) is 25.7. The Hall–Kier alpha value is -0.810. The minimum Gasteiger partial charge on any atom is -0.394 e. The molecule has 0 saturated carbocycles. The molecule has 0 bridgehead atoms. The molecule has 1 aliphatic rings. The summed E-state index contributed by atoms with van der Waals surface area (Å²) in [5, 5.41) is 54.2. The highest BCUT2D eigenvalue weighted by Gasteiger charge is 2.44. The first-order chi connectivity index (χ1) is 28.8. The molecule has 1 heterocycles. The number of hydrogen-bond acceptors (Lipinski definition) is 8. The minimum absolute atomic E-state index is 0.133. The Bertz CT molecular complexity index is 893. The van der Waals surface area contributed by atoms with Crippen molar-refractivity contribution in [3.8, 4) is 0 Å². The van der Waals surface area contributed by atoms with E-state index in [0.29, 0.717) is 12.8 Å². The summed E-state index contributed by atoms with van der Waals surface area (Å²) in [5.41, 5.74) is 0. The van der Waals surface area contributed by atoms with Crippen molar-refractivity contribution in [3.63, 3.8) is 0 Å². The Morgan fingerprint density at radius 3 is 1.20 bits per heavy atom. The summed E-state index contributed by atoms with van der Waals surface area (Å²) in [6.45, 7) is 3.82. The Kier molecular flexibility index (Phi) is 39.3. The van der Waals surface area contributed by atoms with E-state index in [1.165, 1.54) is 193 Å². The van der Waals surface area contributed by atoms with Gasteiger partial charge in [-0.05, 0) is 12.8 Å². The highest BCUT2D eigenvalue weighted by molar-refractivity contribution is 5.76. The van der Waals surface area contributed by atoms with Gasteiger partial charge in [-0.1, -0.05) is 239 Å². The molecular weight excluding hydrogens is 743 g/mol. The van der Waals surface area contributed by atoms with Crippen molar-refractivity contribution in [2.75, 3.05) is 13.2 Å². The van der Waals surface area contributed by atoms with Crippen LogP contribution in [-0.4, -0.2) is 87.5 Å². The Morgan fingerprint density at radius 2 is 0.847 bits per heavy atom. The predicted molar refractivity (Wildman–Crippen MR) is 244 cm³/mol. The average molecular weight is 842 g/mol. The van der Waals surface area contributed by atoms with Crippen LogP contribution in [0.2, 0.25) is 0 Å². The number of aliphatic hydroxyl groups excluding tert-OH is 5. The van der Waals surface area contributed by atoms with Gasteiger partial charge >= 0.3 is 0 Å². The molecule has 0 aliphatic carbocycles. The molecule has 1 amide bonds. The summed E-state index contributed by atoms with van der Waals surface area (Å²) in [6.07, 6.45) is 40.2. The van der Waals surface area contributed by atoms with Gasteiger partial charge in [0.15, 0.2) is 6.29 Å². The van der Waals surface area contributed by atoms with Crippen molar-refractivity contribution in [3.05, 3.63) is 0 Å². The van der Waals surface area contributed by atoms with E-state index < -0.39 is 49.5 Å². The van der Waals surface area contributed by atoms with E-state index in [-0.39, 0.29) is 12.5 Å². The molecular formula is C50H99NO8. The van der Waals surface area contributed by atoms with Crippen LogP contribution in [0.1, 0.15) is 258 Å². The second kappa shape index (κ2) is 41.2. The second-order valence-electron chi connectivity index (χ2n) is 18.3. The fraction of sp³-hybridized carbons (Fsp3) is 0.980. The lowest BCUT2D eigenvalue weighted by Gasteiger charge is -2.40. The molecule has 1 rings (SSSR count). The largest absolute Gasteiger partial charge is 0.394 e. The maximum Gasteiger partial charge on any atom is 0.220 e. The average Bonchev–Trinajstić information content (AvgIpc) is 3.23. The summed E-state index contributed by atoms with van der Waals surface area (Å²) in [7, 11) is 0. The van der Waals surface area contributed by atoms with Crippen LogP contribution in [0.4, 0.5) is 0 Å². The van der Waals surface area contributed by atoms with Crippen molar-refractivity contribution in [2.24, 2.45) is 0 Å². The van der Waals surface area contributed by atoms with Crippen molar-refractivity contribution in [2.45, 2.75) is 301 Å². The third-order valence-corrected chi connectivity index (χ3v) is 12.7. The monoisotopic (exact) mass is 842 g/mol. The summed E-state index contributed by atoms with van der Waals surface area (Å²) in [5.74, 6) is -0.141. The zero-order valence-electron chi connectivity index (χ0n) is 38.8. The molecule has 1 aliphatic heterocycles. The fourth-order valence-electron chi connectivity index (χ4n) is 8.58. The molecule has 1 fully saturated rings. The van der Waals surface area contributed by atoms with Crippen LogP contribution >= 0.6 is 0 Å². The standard InChI is InChI=1S/C50H99NO8/c1-3-5-7-9-11-13-14-15-16-17-18-19-20-21-22-23-24-25-26-27-28-29-30-31-32-34-36-38-40-46(54)51-43(44(53)39-37-35-33-12-10-8-6-4-2)42-58-50-49(57)48(56)47(55)45(41-52)59-50/h43-45,47-50,52-53,55-57H,3-42H2,1-2H3,(H,51,54). The molecule has 9 nitrogen and oxygen atoms in total. The Labute approximate surface area is 364 Å². The molecule has 0 aromatic rings. The number of hydrogen-bond donors (Lipinski definition) is 6. The van der Waals surface area contributed by atoms with E-state index >= 15 is 0 Å². The highest BCUT2D eigenvalue weighted by atomic mass is 16.7. The van der Waals surface area contributed by atoms with E-state index in [4.69, 9.17) is 9.47 Å². The highest BCUT2D eigenvalue weighted by Crippen LogP contribution is 2.23. The van der Waals surface area contributed by atoms with Gasteiger partial charge in [0.2, 0.25) is 5.91 Å². The maximum atomic E-state index is 13.0. The molecule has 1 saturated heterocycles. The van der Waals surface area contributed by atoms with Gasteiger partial charge in [0.25, 0.3) is 0 Å². The molecule has 0 spiro atoms. The molecule has 0 radical (unpaired) electrons. The Balaban J connectivity index is 2.08. The first-order valence-electron chi connectivity index (χ1n) is 25.7. The fourth-order valence-corrected chi connectivity index (χ4v) is 8.58. The van der Waals surface area contributed by atoms with E-state index in [9.17, 15) is 30.3 Å². The normalized spacial score (nSPS) is 20.6. The zero-order chi connectivity index (χ0) is 43.0. The molecule has 7 unspecified atom stereocenters. The lowest BCUT2D eigenvalue weighted by Crippen LogP contribution is -2.60. The van der Waals surface area contributed by atoms with Gasteiger partial charge in [0, 0.05) is 6.42 Å². The Morgan fingerprint density at radius 1 is 0.508 bits per heavy atom. The third-order valence-electron chi connectivity index (χ3n) is 12.7. The number of aliphatic hydroxyl groups is 5. The van der Waals surface area contributed by atoms with Crippen LogP contribution in [-0.2, 0) is 14.3 Å².